The Morgan fingerprint density at radius 1 is 1.12 bits per heavy atom. The molecule has 3 N–H and O–H groups in total. The number of nitrogens with zero attached hydrogens (tertiary/aromatic N) is 1. The second kappa shape index (κ2) is 4.70. The smallest absolute Gasteiger partial charge is 0.119 e. The van der Waals surface area contributed by atoms with Gasteiger partial charge in [-0.3, -0.25) is 0 Å². The quantitative estimate of drug-likeness (QED) is 0.358. The van der Waals surface area contributed by atoms with E-state index in [1.54, 1.807) is 0 Å². The van der Waals surface area contributed by atoms with Gasteiger partial charge in [0.1, 0.15) is 5.71 Å². The van der Waals surface area contributed by atoms with Crippen molar-refractivity contribution in [3.8, 4) is 0 Å². The predicted octanol–water partition coefficient (Wildman–Crippen LogP) is 2.80. The summed E-state index contributed by atoms with van der Waals surface area (Å²) in [5.74, 6) is 0. The maximum Gasteiger partial charge on any atom is 0.119 e. The van der Waals surface area contributed by atoms with Gasteiger partial charge in [0, 0.05) is 16.8 Å². The van der Waals surface area contributed by atoms with Gasteiger partial charge < -0.3 is 10.9 Å². The number of aryl methyl sites for hydroxylation is 1. The van der Waals surface area contributed by atoms with Crippen LogP contribution in [0.3, 0.4) is 0 Å². The predicted molar refractivity (Wildman–Crippen MR) is 69.5 cm³/mol. The molecule has 0 aliphatic rings. The van der Waals surface area contributed by atoms with Crippen molar-refractivity contribution >= 4 is 11.4 Å². The van der Waals surface area contributed by atoms with Gasteiger partial charge in [0.25, 0.3) is 0 Å². The number of hydrogen-bond donors (Lipinski definition) is 2. The number of hydrogen-bond acceptors (Lipinski definition) is 3. The van der Waals surface area contributed by atoms with Crippen molar-refractivity contribution in [1.82, 2.24) is 0 Å². The van der Waals surface area contributed by atoms with Crippen LogP contribution in [0.5, 0.6) is 0 Å². The zero-order valence-electron chi connectivity index (χ0n) is 9.59. The van der Waals surface area contributed by atoms with Crippen LogP contribution in [0.25, 0.3) is 0 Å². The van der Waals surface area contributed by atoms with Crippen molar-refractivity contribution in [3.63, 3.8) is 0 Å². The van der Waals surface area contributed by atoms with Gasteiger partial charge in [0.05, 0.1) is 0 Å². The summed E-state index contributed by atoms with van der Waals surface area (Å²) < 4.78 is 0. The largest absolute Gasteiger partial charge is 0.410 e. The van der Waals surface area contributed by atoms with Gasteiger partial charge in [-0.25, -0.2) is 0 Å². The summed E-state index contributed by atoms with van der Waals surface area (Å²) in [6, 6.07) is 15.1. The third-order valence-electron chi connectivity index (χ3n) is 2.61. The topological polar surface area (TPSA) is 58.6 Å². The average molecular weight is 226 g/mol. The van der Waals surface area contributed by atoms with E-state index < -0.39 is 0 Å². The molecule has 2 aromatic rings. The lowest BCUT2D eigenvalue weighted by atomic mass is 9.99. The molecule has 0 heterocycles. The Morgan fingerprint density at radius 2 is 1.82 bits per heavy atom. The molecule has 0 fully saturated rings. The Hall–Kier alpha value is -2.29. The van der Waals surface area contributed by atoms with Gasteiger partial charge in [0.2, 0.25) is 0 Å². The van der Waals surface area contributed by atoms with Crippen LogP contribution in [0.2, 0.25) is 0 Å². The van der Waals surface area contributed by atoms with Crippen LogP contribution in [-0.2, 0) is 0 Å². The molecule has 0 amide bonds. The van der Waals surface area contributed by atoms with E-state index in [-0.39, 0.29) is 0 Å². The molecular formula is C14H14N2O. The molecule has 2 rings (SSSR count). The number of oxime groups is 1. The number of anilines is 1. The molecule has 0 saturated heterocycles. The van der Waals surface area contributed by atoms with Gasteiger partial charge in [0.15, 0.2) is 0 Å². The van der Waals surface area contributed by atoms with E-state index in [4.69, 9.17) is 5.73 Å². The number of benzene rings is 2. The van der Waals surface area contributed by atoms with Crippen LogP contribution in [0.15, 0.2) is 53.7 Å². The van der Waals surface area contributed by atoms with Crippen molar-refractivity contribution in [3.05, 3.63) is 65.2 Å². The van der Waals surface area contributed by atoms with Crippen LogP contribution in [-0.4, -0.2) is 10.9 Å². The van der Waals surface area contributed by atoms with Crippen molar-refractivity contribution in [2.45, 2.75) is 6.92 Å². The molecular weight excluding hydrogens is 212 g/mol. The highest BCUT2D eigenvalue weighted by Gasteiger charge is 2.10. The molecule has 0 unspecified atom stereocenters. The normalized spacial score (nSPS) is 11.5. The van der Waals surface area contributed by atoms with Crippen molar-refractivity contribution < 1.29 is 5.21 Å². The molecule has 0 saturated carbocycles. The second-order valence-electron chi connectivity index (χ2n) is 3.91. The van der Waals surface area contributed by atoms with E-state index in [1.807, 2.05) is 55.5 Å². The minimum Gasteiger partial charge on any atom is -0.410 e. The maximum atomic E-state index is 9.18. The molecule has 0 aromatic heterocycles. The van der Waals surface area contributed by atoms with Gasteiger partial charge in [-0.05, 0) is 19.1 Å². The summed E-state index contributed by atoms with van der Waals surface area (Å²) in [5.41, 5.74) is 9.67. The first-order chi connectivity index (χ1) is 8.22. The number of nitrogen functional groups attached to an aromatic ring is 1. The second-order valence-corrected chi connectivity index (χ2v) is 3.91. The van der Waals surface area contributed by atoms with Crippen molar-refractivity contribution in [2.24, 2.45) is 5.16 Å². The fourth-order valence-corrected chi connectivity index (χ4v) is 1.74. The zero-order valence-corrected chi connectivity index (χ0v) is 9.59. The van der Waals surface area contributed by atoms with E-state index in [0.29, 0.717) is 11.4 Å². The minimum atomic E-state index is 0.492. The number of rotatable bonds is 2. The standard InChI is InChI=1S/C14H14N2O/c1-10-7-8-13(15)12(9-10)14(16-17)11-5-3-2-4-6-11/h2-9,17H,15H2,1H3. The van der Waals surface area contributed by atoms with E-state index >= 15 is 0 Å². The Balaban J connectivity index is 2.54. The van der Waals surface area contributed by atoms with Crippen LogP contribution < -0.4 is 5.73 Å². The lowest BCUT2D eigenvalue weighted by Gasteiger charge is -2.08. The highest BCUT2D eigenvalue weighted by Crippen LogP contribution is 2.18. The van der Waals surface area contributed by atoms with Gasteiger partial charge in [-0.15, -0.1) is 0 Å². The summed E-state index contributed by atoms with van der Waals surface area (Å²) in [5, 5.41) is 12.5. The first-order valence-electron chi connectivity index (χ1n) is 5.36. The first-order valence-corrected chi connectivity index (χ1v) is 5.36. The van der Waals surface area contributed by atoms with Crippen LogP contribution >= 0.6 is 0 Å². The first kappa shape index (κ1) is 11.2. The summed E-state index contributed by atoms with van der Waals surface area (Å²) in [6.07, 6.45) is 0. The Morgan fingerprint density at radius 3 is 2.47 bits per heavy atom. The SMILES string of the molecule is Cc1ccc(N)c(C(=NO)c2ccccc2)c1. The molecule has 0 bridgehead atoms. The Kier molecular flexibility index (Phi) is 3.10. The minimum absolute atomic E-state index is 0.492. The van der Waals surface area contributed by atoms with Gasteiger partial charge in [-0.1, -0.05) is 47.1 Å². The lowest BCUT2D eigenvalue weighted by Crippen LogP contribution is -2.07. The van der Waals surface area contributed by atoms with Crippen molar-refractivity contribution in [2.75, 3.05) is 5.73 Å². The molecule has 0 spiro atoms. The van der Waals surface area contributed by atoms with E-state index in [9.17, 15) is 5.21 Å². The molecule has 0 atom stereocenters. The third-order valence-corrected chi connectivity index (χ3v) is 2.61. The Labute approximate surface area is 100 Å². The summed E-state index contributed by atoms with van der Waals surface area (Å²) >= 11 is 0. The van der Waals surface area contributed by atoms with E-state index in [2.05, 4.69) is 5.16 Å². The van der Waals surface area contributed by atoms with Crippen molar-refractivity contribution in [1.29, 1.82) is 0 Å². The molecule has 0 radical (unpaired) electrons. The third kappa shape index (κ3) is 2.28. The van der Waals surface area contributed by atoms with Gasteiger partial charge >= 0.3 is 0 Å². The molecule has 0 aliphatic carbocycles. The van der Waals surface area contributed by atoms with Gasteiger partial charge in [-0.2, -0.15) is 0 Å². The highest BCUT2D eigenvalue weighted by atomic mass is 16.4. The molecule has 3 nitrogen and oxygen atoms in total. The zero-order chi connectivity index (χ0) is 12.3. The molecule has 86 valence electrons. The molecule has 3 heteroatoms. The summed E-state index contributed by atoms with van der Waals surface area (Å²) in [4.78, 5) is 0. The summed E-state index contributed by atoms with van der Waals surface area (Å²) in [7, 11) is 0. The number of nitrogens with two attached hydrogens (primary N) is 1. The summed E-state index contributed by atoms with van der Waals surface area (Å²) in [6.45, 7) is 1.98. The highest BCUT2D eigenvalue weighted by molar-refractivity contribution is 6.15. The fourth-order valence-electron chi connectivity index (χ4n) is 1.74. The fraction of sp³-hybridized carbons (Fsp3) is 0.0714. The Bertz CT molecular complexity index is 547. The van der Waals surface area contributed by atoms with E-state index in [0.717, 1.165) is 16.7 Å². The molecule has 0 aliphatic heterocycles. The molecule has 2 aromatic carbocycles. The average Bonchev–Trinajstić information content (AvgIpc) is 2.36. The maximum absolute atomic E-state index is 9.18. The molecule has 17 heavy (non-hydrogen) atoms. The van der Waals surface area contributed by atoms with E-state index in [1.165, 1.54) is 0 Å². The monoisotopic (exact) mass is 226 g/mol. The van der Waals surface area contributed by atoms with Crippen LogP contribution in [0, 0.1) is 6.92 Å². The van der Waals surface area contributed by atoms with Crippen LogP contribution in [0.1, 0.15) is 16.7 Å². The lowest BCUT2D eigenvalue weighted by molar-refractivity contribution is 0.319. The van der Waals surface area contributed by atoms with Crippen LogP contribution in [0.4, 0.5) is 5.69 Å².